The van der Waals surface area contributed by atoms with E-state index in [0.717, 1.165) is 6.54 Å². The van der Waals surface area contributed by atoms with Crippen LogP contribution in [0.5, 0.6) is 0 Å². The van der Waals surface area contributed by atoms with Crippen LogP contribution in [0.3, 0.4) is 0 Å². The maximum Gasteiger partial charge on any atom is 0.148 e. The Morgan fingerprint density at radius 3 is 2.93 bits per heavy atom. The second-order valence-electron chi connectivity index (χ2n) is 3.66. The number of carbonyl (C=O) groups excluding carboxylic acids is 1. The Labute approximate surface area is 82.8 Å². The monoisotopic (exact) mass is 197 g/mol. The fourth-order valence-electron chi connectivity index (χ4n) is 1.18. The van der Waals surface area contributed by atoms with Crippen molar-refractivity contribution in [1.29, 1.82) is 0 Å². The summed E-state index contributed by atoms with van der Waals surface area (Å²) in [6, 6.07) is 0. The number of nitrogens with zero attached hydrogens (tertiary/aromatic N) is 3. The number of aromatic nitrogens is 3. The molecule has 0 spiro atoms. The quantitative estimate of drug-likeness (QED) is 0.676. The first-order chi connectivity index (χ1) is 6.63. The molecule has 0 fully saturated rings. The molecule has 1 heterocycles. The molecule has 0 saturated carbocycles. The van der Waals surface area contributed by atoms with Gasteiger partial charge in [0, 0.05) is 13.0 Å². The van der Waals surface area contributed by atoms with Gasteiger partial charge < -0.3 is 9.90 Å². The van der Waals surface area contributed by atoms with Crippen LogP contribution in [0, 0.1) is 5.92 Å². The van der Waals surface area contributed by atoms with Crippen LogP contribution in [0.2, 0.25) is 0 Å². The van der Waals surface area contributed by atoms with Crippen LogP contribution in [0.4, 0.5) is 0 Å². The van der Waals surface area contributed by atoms with Crippen molar-refractivity contribution < 1.29 is 9.90 Å². The van der Waals surface area contributed by atoms with Gasteiger partial charge in [0.1, 0.15) is 24.5 Å². The van der Waals surface area contributed by atoms with Gasteiger partial charge in [-0.15, -0.1) is 0 Å². The van der Waals surface area contributed by atoms with Crippen molar-refractivity contribution in [3.8, 4) is 0 Å². The van der Waals surface area contributed by atoms with Crippen molar-refractivity contribution in [3.63, 3.8) is 0 Å². The Morgan fingerprint density at radius 1 is 1.64 bits per heavy atom. The molecule has 14 heavy (non-hydrogen) atoms. The summed E-state index contributed by atoms with van der Waals surface area (Å²) in [5, 5.41) is 13.2. The molecule has 1 atom stereocenters. The Morgan fingerprint density at radius 2 is 2.36 bits per heavy atom. The van der Waals surface area contributed by atoms with E-state index < -0.39 is 6.10 Å². The fraction of sp³-hybridized carbons (Fsp3) is 0.667. The molecule has 0 bridgehead atoms. The Hall–Kier alpha value is -1.23. The summed E-state index contributed by atoms with van der Waals surface area (Å²) in [4.78, 5) is 14.2. The molecule has 1 aromatic heterocycles. The van der Waals surface area contributed by atoms with E-state index in [0.29, 0.717) is 18.0 Å². The third-order valence-electron chi connectivity index (χ3n) is 1.78. The van der Waals surface area contributed by atoms with E-state index in [1.807, 2.05) is 0 Å². The molecule has 0 saturated heterocycles. The summed E-state index contributed by atoms with van der Waals surface area (Å²) in [5.74, 6) is 1.11. The lowest BCUT2D eigenvalue weighted by atomic mass is 10.2. The van der Waals surface area contributed by atoms with E-state index in [2.05, 4.69) is 23.9 Å². The third kappa shape index (κ3) is 2.92. The van der Waals surface area contributed by atoms with Gasteiger partial charge in [0.05, 0.1) is 0 Å². The van der Waals surface area contributed by atoms with Gasteiger partial charge in [-0.25, -0.2) is 9.67 Å². The first kappa shape index (κ1) is 10.8. The lowest BCUT2D eigenvalue weighted by Gasteiger charge is -2.08. The van der Waals surface area contributed by atoms with E-state index in [-0.39, 0.29) is 6.42 Å². The Balaban J connectivity index is 2.66. The summed E-state index contributed by atoms with van der Waals surface area (Å²) in [7, 11) is 0. The van der Waals surface area contributed by atoms with Gasteiger partial charge in [0.25, 0.3) is 0 Å². The SMILES string of the molecule is CC(C)Cn1ncnc1CC(O)C=O. The molecule has 1 aromatic rings. The molecule has 0 radical (unpaired) electrons. The van der Waals surface area contributed by atoms with Crippen LogP contribution in [-0.2, 0) is 17.8 Å². The minimum Gasteiger partial charge on any atom is -0.385 e. The molecular formula is C9H15N3O2. The Bertz CT molecular complexity index is 296. The van der Waals surface area contributed by atoms with Gasteiger partial charge in [-0.05, 0) is 5.92 Å². The van der Waals surface area contributed by atoms with Crippen molar-refractivity contribution >= 4 is 6.29 Å². The number of rotatable bonds is 5. The molecule has 0 aromatic carbocycles. The van der Waals surface area contributed by atoms with Gasteiger partial charge in [-0.1, -0.05) is 13.8 Å². The standard InChI is InChI=1S/C9H15N3O2/c1-7(2)4-12-9(10-6-11-12)3-8(14)5-13/h5-8,14H,3-4H2,1-2H3. The summed E-state index contributed by atoms with van der Waals surface area (Å²) in [6.07, 6.45) is 1.20. The van der Waals surface area contributed by atoms with Gasteiger partial charge in [0.15, 0.2) is 0 Å². The van der Waals surface area contributed by atoms with Crippen molar-refractivity contribution in [2.45, 2.75) is 32.9 Å². The normalized spacial score (nSPS) is 13.1. The molecule has 1 rings (SSSR count). The van der Waals surface area contributed by atoms with Crippen molar-refractivity contribution in [2.24, 2.45) is 5.92 Å². The molecule has 1 unspecified atom stereocenters. The molecule has 5 nitrogen and oxygen atoms in total. The highest BCUT2D eigenvalue weighted by Crippen LogP contribution is 2.03. The number of aldehydes is 1. The number of carbonyl (C=O) groups is 1. The van der Waals surface area contributed by atoms with E-state index >= 15 is 0 Å². The predicted molar refractivity (Wildman–Crippen MR) is 50.6 cm³/mol. The van der Waals surface area contributed by atoms with Crippen LogP contribution < -0.4 is 0 Å². The van der Waals surface area contributed by atoms with Crippen molar-refractivity contribution in [3.05, 3.63) is 12.2 Å². The van der Waals surface area contributed by atoms with E-state index in [9.17, 15) is 4.79 Å². The Kier molecular flexibility index (Phi) is 3.76. The van der Waals surface area contributed by atoms with Crippen LogP contribution >= 0.6 is 0 Å². The summed E-state index contributed by atoms with van der Waals surface area (Å²) < 4.78 is 1.72. The van der Waals surface area contributed by atoms with Crippen LogP contribution in [0.1, 0.15) is 19.7 Å². The average molecular weight is 197 g/mol. The van der Waals surface area contributed by atoms with E-state index in [4.69, 9.17) is 5.11 Å². The lowest BCUT2D eigenvalue weighted by Crippen LogP contribution is -2.18. The van der Waals surface area contributed by atoms with Crippen LogP contribution in [0.15, 0.2) is 6.33 Å². The molecule has 1 N–H and O–H groups in total. The minimum absolute atomic E-state index is 0.232. The predicted octanol–water partition coefficient (Wildman–Crippen LogP) is 0.0364. The maximum atomic E-state index is 10.3. The first-order valence-electron chi connectivity index (χ1n) is 4.63. The summed E-state index contributed by atoms with van der Waals surface area (Å²) in [5.41, 5.74) is 0. The third-order valence-corrected chi connectivity index (χ3v) is 1.78. The largest absolute Gasteiger partial charge is 0.385 e. The number of aliphatic hydroxyl groups excluding tert-OH is 1. The molecule has 78 valence electrons. The highest BCUT2D eigenvalue weighted by Gasteiger charge is 2.10. The molecule has 5 heteroatoms. The number of hydrogen-bond acceptors (Lipinski definition) is 4. The molecule has 0 amide bonds. The smallest absolute Gasteiger partial charge is 0.148 e. The first-order valence-corrected chi connectivity index (χ1v) is 4.63. The maximum absolute atomic E-state index is 10.3. The zero-order chi connectivity index (χ0) is 10.6. The van der Waals surface area contributed by atoms with Crippen molar-refractivity contribution in [1.82, 2.24) is 14.8 Å². The second kappa shape index (κ2) is 4.85. The topological polar surface area (TPSA) is 68.0 Å². The minimum atomic E-state index is -0.981. The highest BCUT2D eigenvalue weighted by molar-refractivity contribution is 5.55. The van der Waals surface area contributed by atoms with Crippen LogP contribution in [0.25, 0.3) is 0 Å². The fourth-order valence-corrected chi connectivity index (χ4v) is 1.18. The van der Waals surface area contributed by atoms with E-state index in [1.165, 1.54) is 6.33 Å². The van der Waals surface area contributed by atoms with E-state index in [1.54, 1.807) is 4.68 Å². The zero-order valence-electron chi connectivity index (χ0n) is 8.42. The molecule has 0 aliphatic carbocycles. The van der Waals surface area contributed by atoms with Gasteiger partial charge in [0.2, 0.25) is 0 Å². The van der Waals surface area contributed by atoms with Crippen LogP contribution in [-0.4, -0.2) is 32.3 Å². The molecule has 0 aliphatic heterocycles. The molecular weight excluding hydrogens is 182 g/mol. The zero-order valence-corrected chi connectivity index (χ0v) is 8.42. The highest BCUT2D eigenvalue weighted by atomic mass is 16.3. The lowest BCUT2D eigenvalue weighted by molar-refractivity contribution is -0.114. The van der Waals surface area contributed by atoms with Crippen molar-refractivity contribution in [2.75, 3.05) is 0 Å². The summed E-state index contributed by atoms with van der Waals surface area (Å²) >= 11 is 0. The average Bonchev–Trinajstić information content (AvgIpc) is 2.52. The number of aliphatic hydroxyl groups is 1. The van der Waals surface area contributed by atoms with Gasteiger partial charge in [-0.2, -0.15) is 5.10 Å². The van der Waals surface area contributed by atoms with Gasteiger partial charge >= 0.3 is 0 Å². The number of hydrogen-bond donors (Lipinski definition) is 1. The van der Waals surface area contributed by atoms with Gasteiger partial charge in [-0.3, -0.25) is 0 Å². The summed E-state index contributed by atoms with van der Waals surface area (Å²) in [6.45, 7) is 4.89. The molecule has 0 aliphatic rings. The second-order valence-corrected chi connectivity index (χ2v) is 3.66.